The minimum atomic E-state index is 0.550. The number of aromatic amines is 1. The van der Waals surface area contributed by atoms with Crippen LogP contribution in [0.25, 0.3) is 22.2 Å². The van der Waals surface area contributed by atoms with Gasteiger partial charge in [0, 0.05) is 48.7 Å². The molecule has 0 saturated carbocycles. The van der Waals surface area contributed by atoms with Crippen LogP contribution in [0, 0.1) is 16.7 Å². The molecular weight excluding hydrogens is 336 g/mol. The second-order valence-corrected chi connectivity index (χ2v) is 6.25. The number of nitrogens with zero attached hydrogens (tertiary/aromatic N) is 3. The highest BCUT2D eigenvalue weighted by Crippen LogP contribution is 2.40. The summed E-state index contributed by atoms with van der Waals surface area (Å²) in [5, 5.41) is 21.9. The fraction of sp³-hybridized carbons (Fsp3) is 0.0952. The molecule has 3 heterocycles. The maximum atomic E-state index is 9.95. The zero-order valence-electron chi connectivity index (χ0n) is 14.8. The number of hydrogen-bond donors (Lipinski definition) is 3. The molecule has 1 aromatic carbocycles. The van der Waals surface area contributed by atoms with E-state index < -0.39 is 0 Å². The van der Waals surface area contributed by atoms with E-state index in [0.717, 1.165) is 33.4 Å². The van der Waals surface area contributed by atoms with Crippen LogP contribution in [0.3, 0.4) is 0 Å². The first-order valence-electron chi connectivity index (χ1n) is 8.57. The number of H-pyrrole nitrogens is 1. The maximum absolute atomic E-state index is 9.95. The molecule has 3 N–H and O–H groups in total. The Morgan fingerprint density at radius 3 is 2.89 bits per heavy atom. The molecule has 0 bridgehead atoms. The molecule has 1 aliphatic heterocycles. The van der Waals surface area contributed by atoms with Gasteiger partial charge in [-0.25, -0.2) is 0 Å². The van der Waals surface area contributed by atoms with Gasteiger partial charge in [-0.1, -0.05) is 24.3 Å². The van der Waals surface area contributed by atoms with E-state index in [1.165, 1.54) is 6.21 Å². The highest BCUT2D eigenvalue weighted by molar-refractivity contribution is 6.05. The number of nitriles is 1. The number of allylic oxidation sites excluding steroid dienone is 2. The van der Waals surface area contributed by atoms with E-state index in [2.05, 4.69) is 21.4 Å². The average molecular weight is 354 g/mol. The second-order valence-electron chi connectivity index (χ2n) is 6.25. The van der Waals surface area contributed by atoms with E-state index in [9.17, 15) is 5.26 Å². The van der Waals surface area contributed by atoms with E-state index in [1.807, 2.05) is 48.3 Å². The molecule has 27 heavy (non-hydrogen) atoms. The van der Waals surface area contributed by atoms with Crippen molar-refractivity contribution in [3.8, 4) is 6.07 Å². The third kappa shape index (κ3) is 2.75. The first kappa shape index (κ1) is 16.6. The summed E-state index contributed by atoms with van der Waals surface area (Å²) in [6.07, 6.45) is 6.53. The minimum Gasteiger partial charge on any atom is -0.366 e. The topological polar surface area (TPSA) is 91.6 Å². The number of benzene rings is 1. The summed E-state index contributed by atoms with van der Waals surface area (Å²) in [5.41, 5.74) is 5.13. The summed E-state index contributed by atoms with van der Waals surface area (Å²) >= 11 is 0. The van der Waals surface area contributed by atoms with Crippen LogP contribution in [0.2, 0.25) is 0 Å². The highest BCUT2D eigenvalue weighted by Gasteiger charge is 2.30. The SMILES string of the molecule is CN1C(NCc2cccnc2)=C(C#N)c2c([nH]c3ccccc23)/C1=C/C=N. The smallest absolute Gasteiger partial charge is 0.125 e. The van der Waals surface area contributed by atoms with Crippen molar-refractivity contribution in [2.45, 2.75) is 6.54 Å². The molecule has 1 aliphatic rings. The van der Waals surface area contributed by atoms with Gasteiger partial charge in [0.1, 0.15) is 17.5 Å². The van der Waals surface area contributed by atoms with Gasteiger partial charge in [-0.15, -0.1) is 0 Å². The lowest BCUT2D eigenvalue weighted by Gasteiger charge is -2.31. The van der Waals surface area contributed by atoms with E-state index in [1.54, 1.807) is 18.5 Å². The van der Waals surface area contributed by atoms with Crippen molar-refractivity contribution in [1.82, 2.24) is 20.2 Å². The van der Waals surface area contributed by atoms with Gasteiger partial charge in [0.15, 0.2) is 0 Å². The van der Waals surface area contributed by atoms with Crippen molar-refractivity contribution < 1.29 is 0 Å². The normalized spacial score (nSPS) is 15.0. The first-order chi connectivity index (χ1) is 13.2. The van der Waals surface area contributed by atoms with E-state index >= 15 is 0 Å². The number of rotatable bonds is 4. The number of aromatic nitrogens is 2. The minimum absolute atomic E-state index is 0.550. The summed E-state index contributed by atoms with van der Waals surface area (Å²) in [4.78, 5) is 9.46. The van der Waals surface area contributed by atoms with E-state index in [0.29, 0.717) is 17.9 Å². The Labute approximate surface area is 157 Å². The van der Waals surface area contributed by atoms with Gasteiger partial charge in [-0.05, 0) is 23.8 Å². The Morgan fingerprint density at radius 2 is 2.15 bits per heavy atom. The largest absolute Gasteiger partial charge is 0.366 e. The zero-order valence-corrected chi connectivity index (χ0v) is 14.8. The predicted octanol–water partition coefficient (Wildman–Crippen LogP) is 3.48. The monoisotopic (exact) mass is 354 g/mol. The third-order valence-electron chi connectivity index (χ3n) is 4.68. The summed E-state index contributed by atoms with van der Waals surface area (Å²) in [5.74, 6) is 0.715. The summed E-state index contributed by atoms with van der Waals surface area (Å²) in [6, 6.07) is 14.2. The van der Waals surface area contributed by atoms with E-state index in [4.69, 9.17) is 5.41 Å². The Hall–Kier alpha value is -3.85. The molecular formula is C21H18N6. The van der Waals surface area contributed by atoms with Crippen molar-refractivity contribution in [2.75, 3.05) is 7.05 Å². The lowest BCUT2D eigenvalue weighted by Crippen LogP contribution is -2.31. The van der Waals surface area contributed by atoms with Crippen LogP contribution in [-0.4, -0.2) is 28.1 Å². The molecule has 0 spiro atoms. The number of para-hydroxylation sites is 1. The van der Waals surface area contributed by atoms with Crippen LogP contribution in [0.4, 0.5) is 0 Å². The highest BCUT2D eigenvalue weighted by atomic mass is 15.2. The van der Waals surface area contributed by atoms with Gasteiger partial charge in [0.05, 0.1) is 11.4 Å². The zero-order chi connectivity index (χ0) is 18.8. The maximum Gasteiger partial charge on any atom is 0.125 e. The van der Waals surface area contributed by atoms with Crippen molar-refractivity contribution >= 4 is 28.4 Å². The molecule has 2 aromatic heterocycles. The van der Waals surface area contributed by atoms with Crippen LogP contribution in [0.15, 0.2) is 60.7 Å². The summed E-state index contributed by atoms with van der Waals surface area (Å²) < 4.78 is 0. The standard InChI is InChI=1S/C21H18N6/c1-27-18(8-9-22)20-19(15-6-2-3-7-17(15)26-20)16(11-23)21(27)25-13-14-5-4-10-24-12-14/h2-10,12,22,25-26H,13H2,1H3/b18-8-,22-9?. The molecule has 0 saturated heterocycles. The van der Waals surface area contributed by atoms with Gasteiger partial charge >= 0.3 is 0 Å². The van der Waals surface area contributed by atoms with Crippen molar-refractivity contribution in [2.24, 2.45) is 0 Å². The fourth-order valence-electron chi connectivity index (χ4n) is 3.45. The Kier molecular flexibility index (Phi) is 4.19. The molecule has 0 amide bonds. The number of nitrogens with one attached hydrogen (secondary N) is 3. The van der Waals surface area contributed by atoms with Gasteiger partial charge in [-0.2, -0.15) is 5.26 Å². The lowest BCUT2D eigenvalue weighted by molar-refractivity contribution is 0.522. The van der Waals surface area contributed by atoms with Crippen molar-refractivity contribution in [1.29, 1.82) is 10.7 Å². The average Bonchev–Trinajstić information content (AvgIpc) is 3.09. The van der Waals surface area contributed by atoms with Gasteiger partial charge < -0.3 is 20.6 Å². The van der Waals surface area contributed by atoms with Crippen LogP contribution >= 0.6 is 0 Å². The molecule has 0 fully saturated rings. The molecule has 0 atom stereocenters. The second kappa shape index (κ2) is 6.81. The quantitative estimate of drug-likeness (QED) is 0.626. The van der Waals surface area contributed by atoms with Crippen molar-refractivity contribution in [3.63, 3.8) is 0 Å². The van der Waals surface area contributed by atoms with Crippen LogP contribution in [-0.2, 0) is 6.54 Å². The van der Waals surface area contributed by atoms with Gasteiger partial charge in [0.2, 0.25) is 0 Å². The van der Waals surface area contributed by atoms with E-state index in [-0.39, 0.29) is 0 Å². The first-order valence-corrected chi connectivity index (χ1v) is 8.57. The Balaban J connectivity index is 1.88. The number of fused-ring (bicyclic) bond motifs is 3. The van der Waals surface area contributed by atoms with Crippen LogP contribution in [0.1, 0.15) is 16.8 Å². The molecule has 4 rings (SSSR count). The predicted molar refractivity (Wildman–Crippen MR) is 106 cm³/mol. The Bertz CT molecular complexity index is 1110. The Morgan fingerprint density at radius 1 is 1.30 bits per heavy atom. The molecule has 6 heteroatoms. The molecule has 132 valence electrons. The molecule has 0 aliphatic carbocycles. The summed E-state index contributed by atoms with van der Waals surface area (Å²) in [7, 11) is 1.90. The fourth-order valence-corrected chi connectivity index (χ4v) is 3.45. The van der Waals surface area contributed by atoms with Gasteiger partial charge in [-0.3, -0.25) is 4.98 Å². The summed E-state index contributed by atoms with van der Waals surface area (Å²) in [6.45, 7) is 0.550. The molecule has 0 radical (unpaired) electrons. The molecule has 3 aromatic rings. The number of pyridine rings is 1. The lowest BCUT2D eigenvalue weighted by atomic mass is 9.97. The van der Waals surface area contributed by atoms with Crippen LogP contribution < -0.4 is 5.32 Å². The third-order valence-corrected chi connectivity index (χ3v) is 4.68. The molecule has 0 unspecified atom stereocenters. The van der Waals surface area contributed by atoms with Gasteiger partial charge in [0.25, 0.3) is 0 Å². The molecule has 6 nitrogen and oxygen atoms in total. The number of hydrogen-bond acceptors (Lipinski definition) is 5. The van der Waals surface area contributed by atoms with Crippen molar-refractivity contribution in [3.05, 3.63) is 77.5 Å². The van der Waals surface area contributed by atoms with Crippen LogP contribution in [0.5, 0.6) is 0 Å².